The summed E-state index contributed by atoms with van der Waals surface area (Å²) in [7, 11) is 1.63. The molecular formula is C35H36ClF4N9O5. The van der Waals surface area contributed by atoms with E-state index in [1.807, 2.05) is 6.08 Å². The van der Waals surface area contributed by atoms with Crippen LogP contribution in [0.3, 0.4) is 0 Å². The number of nitrogens with zero attached hydrogens (tertiary/aromatic N) is 6. The summed E-state index contributed by atoms with van der Waals surface area (Å²) in [5.41, 5.74) is 0.261. The lowest BCUT2D eigenvalue weighted by Crippen LogP contribution is -2.52. The number of aromatic nitrogens is 4. The van der Waals surface area contributed by atoms with Gasteiger partial charge < -0.3 is 35.1 Å². The van der Waals surface area contributed by atoms with Crippen LogP contribution in [0.2, 0.25) is 5.02 Å². The quantitative estimate of drug-likeness (QED) is 0.204. The fraction of sp³-hybridized carbons (Fsp3) is 0.371. The van der Waals surface area contributed by atoms with Gasteiger partial charge in [-0.05, 0) is 54.8 Å². The van der Waals surface area contributed by atoms with Gasteiger partial charge in [0.15, 0.2) is 5.82 Å². The van der Waals surface area contributed by atoms with Crippen molar-refractivity contribution < 1.29 is 36.7 Å². The van der Waals surface area contributed by atoms with Gasteiger partial charge in [-0.2, -0.15) is 22.7 Å². The van der Waals surface area contributed by atoms with Crippen LogP contribution in [0.1, 0.15) is 40.8 Å². The Balaban J connectivity index is 1.25. The molecule has 0 bridgehead atoms. The Hall–Kier alpha value is -5.49. The van der Waals surface area contributed by atoms with Crippen LogP contribution < -0.4 is 26.4 Å². The monoisotopic (exact) mass is 773 g/mol. The lowest BCUT2D eigenvalue weighted by Gasteiger charge is -2.36. The van der Waals surface area contributed by atoms with Crippen LogP contribution >= 0.6 is 11.6 Å². The Morgan fingerprint density at radius 2 is 1.81 bits per heavy atom. The van der Waals surface area contributed by atoms with Crippen molar-refractivity contribution in [2.24, 2.45) is 0 Å². The molecule has 0 aliphatic carbocycles. The molecule has 2 aromatic carbocycles. The van der Waals surface area contributed by atoms with Crippen molar-refractivity contribution in [2.75, 3.05) is 68.5 Å². The molecule has 0 radical (unpaired) electrons. The molecule has 6 rings (SSSR count). The number of fused-ring (bicyclic) bond motifs is 1. The van der Waals surface area contributed by atoms with E-state index in [-0.39, 0.29) is 72.7 Å². The molecule has 0 unspecified atom stereocenters. The highest BCUT2D eigenvalue weighted by Crippen LogP contribution is 2.34. The fourth-order valence-electron chi connectivity index (χ4n) is 6.32. The first-order valence-corrected chi connectivity index (χ1v) is 17.4. The molecule has 1 fully saturated rings. The number of halogens is 5. The average molecular weight is 774 g/mol. The molecule has 3 amide bonds. The minimum atomic E-state index is -4.62. The largest absolute Gasteiger partial charge is 0.416 e. The number of hydrogen-bond donors (Lipinski definition) is 3. The first-order chi connectivity index (χ1) is 25.8. The van der Waals surface area contributed by atoms with Crippen molar-refractivity contribution in [1.29, 1.82) is 0 Å². The molecule has 19 heteroatoms. The van der Waals surface area contributed by atoms with E-state index in [4.69, 9.17) is 16.3 Å². The van der Waals surface area contributed by atoms with Crippen LogP contribution in [0.5, 0.6) is 0 Å². The van der Waals surface area contributed by atoms with E-state index in [9.17, 15) is 36.7 Å². The average Bonchev–Trinajstić information content (AvgIpc) is 3.62. The van der Waals surface area contributed by atoms with Crippen LogP contribution in [-0.4, -0.2) is 94.8 Å². The number of ether oxygens (including phenoxy) is 1. The number of rotatable bonds is 10. The van der Waals surface area contributed by atoms with Gasteiger partial charge in [0.2, 0.25) is 17.6 Å². The number of benzene rings is 2. The maximum Gasteiger partial charge on any atom is 0.416 e. The zero-order valence-corrected chi connectivity index (χ0v) is 30.0. The Bertz CT molecular complexity index is 2200. The number of hydrogen-bond acceptors (Lipinski definition) is 9. The van der Waals surface area contributed by atoms with Crippen LogP contribution in [0, 0.1) is 5.82 Å². The molecule has 2 aromatic heterocycles. The van der Waals surface area contributed by atoms with Gasteiger partial charge in [-0.25, -0.2) is 4.39 Å². The van der Waals surface area contributed by atoms with Gasteiger partial charge in [0.1, 0.15) is 18.0 Å². The third-order valence-electron chi connectivity index (χ3n) is 9.13. The SMILES string of the molecule is CCc1c(N2CCN(C(=O)CNC(=O)c3cc(NC)ccc3F)CC2)c(=O)n2nc(C3=CCOCC3)nc2n1CC(=O)Nc1ccc(C(F)(F)F)cc1Cl. The maximum absolute atomic E-state index is 14.3. The number of piperazine rings is 1. The molecule has 54 heavy (non-hydrogen) atoms. The van der Waals surface area contributed by atoms with Crippen LogP contribution in [0.15, 0.2) is 47.3 Å². The van der Waals surface area contributed by atoms with Gasteiger partial charge in [-0.3, -0.25) is 19.2 Å². The van der Waals surface area contributed by atoms with Crippen LogP contribution in [0.4, 0.5) is 34.6 Å². The molecule has 3 N–H and O–H groups in total. The molecule has 0 saturated carbocycles. The summed E-state index contributed by atoms with van der Waals surface area (Å²) in [6.07, 6.45) is -2.05. The van der Waals surface area contributed by atoms with Gasteiger partial charge >= 0.3 is 6.18 Å². The van der Waals surface area contributed by atoms with E-state index in [1.165, 1.54) is 21.6 Å². The highest BCUT2D eigenvalue weighted by Gasteiger charge is 2.32. The summed E-state index contributed by atoms with van der Waals surface area (Å²) in [6.45, 7) is 2.58. The van der Waals surface area contributed by atoms with Crippen molar-refractivity contribution in [3.05, 3.63) is 86.3 Å². The Morgan fingerprint density at radius 3 is 2.46 bits per heavy atom. The van der Waals surface area contributed by atoms with Crippen molar-refractivity contribution >= 4 is 57.7 Å². The van der Waals surface area contributed by atoms with Gasteiger partial charge in [-0.1, -0.05) is 24.6 Å². The molecule has 0 atom stereocenters. The number of carbonyl (C=O) groups excluding carboxylic acids is 3. The second-order valence-corrected chi connectivity index (χ2v) is 12.9. The topological polar surface area (TPSA) is 155 Å². The summed E-state index contributed by atoms with van der Waals surface area (Å²) in [5.74, 6) is -2.16. The first kappa shape index (κ1) is 38.2. The smallest absolute Gasteiger partial charge is 0.388 e. The number of amides is 3. The first-order valence-electron chi connectivity index (χ1n) is 17.0. The number of nitrogens with one attached hydrogen (secondary N) is 3. The van der Waals surface area contributed by atoms with Crippen LogP contribution in [-0.2, 0) is 33.5 Å². The fourth-order valence-corrected chi connectivity index (χ4v) is 6.55. The standard InChI is InChI=1S/C35H36ClF4N9O5/c1-3-27-30(47-12-10-46(11-13-47)29(51)18-42-32(52)23-17-22(41-2)5-6-25(23)37)33(53)49-34(44-31(45-49)20-8-14-54-15-9-20)48(27)19-28(50)43-26-7-4-21(16-24(26)36)35(38,39)40/h4-8,16-17,41H,3,9-15,18-19H2,1-2H3,(H,42,52)(H,43,50). The Morgan fingerprint density at radius 1 is 1.06 bits per heavy atom. The van der Waals surface area contributed by atoms with E-state index in [1.54, 1.807) is 18.9 Å². The van der Waals surface area contributed by atoms with E-state index >= 15 is 0 Å². The summed E-state index contributed by atoms with van der Waals surface area (Å²) in [5, 5.41) is 12.1. The summed E-state index contributed by atoms with van der Waals surface area (Å²) in [6, 6.07) is 6.57. The Labute approximate surface area is 310 Å². The Kier molecular flexibility index (Phi) is 11.2. The number of carbonyl (C=O) groups is 3. The molecule has 4 aromatic rings. The van der Waals surface area contributed by atoms with E-state index in [0.29, 0.717) is 31.0 Å². The van der Waals surface area contributed by atoms with Gasteiger partial charge in [0.25, 0.3) is 11.5 Å². The molecule has 1 saturated heterocycles. The van der Waals surface area contributed by atoms with Crippen molar-refractivity contribution in [1.82, 2.24) is 29.4 Å². The molecule has 0 spiro atoms. The minimum Gasteiger partial charge on any atom is -0.388 e. The van der Waals surface area contributed by atoms with Crippen molar-refractivity contribution in [3.63, 3.8) is 0 Å². The molecule has 4 heterocycles. The third kappa shape index (κ3) is 8.03. The minimum absolute atomic E-state index is 0.0341. The van der Waals surface area contributed by atoms with Crippen LogP contribution in [0.25, 0.3) is 11.4 Å². The van der Waals surface area contributed by atoms with E-state index < -0.39 is 47.4 Å². The van der Waals surface area contributed by atoms with Crippen molar-refractivity contribution in [2.45, 2.75) is 32.5 Å². The van der Waals surface area contributed by atoms with Gasteiger partial charge in [0, 0.05) is 38.9 Å². The summed E-state index contributed by atoms with van der Waals surface area (Å²) in [4.78, 5) is 61.4. The zero-order valence-electron chi connectivity index (χ0n) is 29.2. The zero-order chi connectivity index (χ0) is 38.7. The van der Waals surface area contributed by atoms with E-state index in [2.05, 4.69) is 26.0 Å². The number of anilines is 3. The predicted octanol–water partition coefficient (Wildman–Crippen LogP) is 3.83. The predicted molar refractivity (Wildman–Crippen MR) is 192 cm³/mol. The molecular weight excluding hydrogens is 738 g/mol. The molecule has 2 aliphatic rings. The lowest BCUT2D eigenvalue weighted by molar-refractivity contribution is -0.137. The number of alkyl halides is 3. The van der Waals surface area contributed by atoms with E-state index in [0.717, 1.165) is 34.4 Å². The highest BCUT2D eigenvalue weighted by atomic mass is 35.5. The molecule has 14 nitrogen and oxygen atoms in total. The molecule has 2 aliphatic heterocycles. The second kappa shape index (κ2) is 15.9. The van der Waals surface area contributed by atoms with Gasteiger partial charge in [-0.15, -0.1) is 5.10 Å². The second-order valence-electron chi connectivity index (χ2n) is 12.5. The third-order valence-corrected chi connectivity index (χ3v) is 9.44. The lowest BCUT2D eigenvalue weighted by atomic mass is 10.1. The summed E-state index contributed by atoms with van der Waals surface area (Å²) < 4.78 is 62.0. The summed E-state index contributed by atoms with van der Waals surface area (Å²) >= 11 is 6.11. The maximum atomic E-state index is 14.3. The normalized spacial score (nSPS) is 14.9. The van der Waals surface area contributed by atoms with Crippen molar-refractivity contribution in [3.8, 4) is 0 Å². The molecule has 286 valence electrons. The van der Waals surface area contributed by atoms with Gasteiger partial charge in [0.05, 0.1) is 47.3 Å². The highest BCUT2D eigenvalue weighted by molar-refractivity contribution is 6.33.